The molecule has 1 aromatic carbocycles. The van der Waals surface area contributed by atoms with Crippen molar-refractivity contribution < 1.29 is 28.4 Å². The Balaban J connectivity index is 2.36. The lowest BCUT2D eigenvalue weighted by Crippen LogP contribution is -2.18. The Morgan fingerprint density at radius 2 is 1.71 bits per heavy atom. The molecule has 0 radical (unpaired) electrons. The summed E-state index contributed by atoms with van der Waals surface area (Å²) in [6.07, 6.45) is 5.32. The van der Waals surface area contributed by atoms with Crippen LogP contribution in [0.4, 0.5) is 0 Å². The molecule has 1 aromatic rings. The minimum absolute atomic E-state index is 0.126. The van der Waals surface area contributed by atoms with E-state index in [4.69, 9.17) is 4.74 Å². The highest BCUT2D eigenvalue weighted by Crippen LogP contribution is 2.28. The summed E-state index contributed by atoms with van der Waals surface area (Å²) >= 11 is 0. The Bertz CT molecular complexity index is 479. The van der Waals surface area contributed by atoms with Gasteiger partial charge in [0.2, 0.25) is 0 Å². The fraction of sp³-hybridized carbons (Fsp3) is 0.500. The van der Waals surface area contributed by atoms with Gasteiger partial charge in [0.15, 0.2) is 0 Å². The fourth-order valence-electron chi connectivity index (χ4n) is 1.73. The van der Waals surface area contributed by atoms with E-state index in [1.54, 1.807) is 0 Å². The second kappa shape index (κ2) is 8.82. The maximum Gasteiger partial charge on any atom is 0.338 e. The van der Waals surface area contributed by atoms with Crippen LogP contribution in [-0.2, 0) is 9.30 Å². The number of phosphoric ester groups is 1. The molecular weight excluding hydrogens is 295 g/mol. The van der Waals surface area contributed by atoms with E-state index in [0.717, 1.165) is 25.7 Å². The third-order valence-corrected chi connectivity index (χ3v) is 3.22. The molecule has 118 valence electrons. The summed E-state index contributed by atoms with van der Waals surface area (Å²) in [7, 11) is -5.07. The van der Waals surface area contributed by atoms with Crippen LogP contribution >= 0.6 is 7.82 Å². The summed E-state index contributed by atoms with van der Waals surface area (Å²) in [6, 6.07) is 5.18. The molecule has 0 N–H and O–H groups in total. The second-order valence-corrected chi connectivity index (χ2v) is 5.69. The smallest absolute Gasteiger partial charge is 0.338 e. The molecule has 0 unspecified atom stereocenters. The van der Waals surface area contributed by atoms with Crippen molar-refractivity contribution in [3.63, 3.8) is 0 Å². The normalized spacial score (nSPS) is 11.2. The number of ether oxygens (including phenoxy) is 1. The van der Waals surface area contributed by atoms with Crippen LogP contribution in [0.25, 0.3) is 0 Å². The Kier molecular flexibility index (Phi) is 7.43. The molecule has 1 rings (SSSR count). The number of rotatable bonds is 9. The van der Waals surface area contributed by atoms with Gasteiger partial charge in [-0.1, -0.05) is 32.6 Å². The predicted molar refractivity (Wildman–Crippen MR) is 73.7 cm³/mol. The average molecular weight is 314 g/mol. The molecule has 0 saturated heterocycles. The lowest BCUT2D eigenvalue weighted by Gasteiger charge is -2.28. The molecule has 0 aliphatic rings. The van der Waals surface area contributed by atoms with Crippen LogP contribution in [0.5, 0.6) is 5.75 Å². The van der Waals surface area contributed by atoms with Gasteiger partial charge in [-0.25, -0.2) is 4.79 Å². The van der Waals surface area contributed by atoms with Gasteiger partial charge in [-0.3, -0.25) is 0 Å². The number of carbonyl (C=O) groups is 1. The zero-order valence-electron chi connectivity index (χ0n) is 11.9. The first-order chi connectivity index (χ1) is 9.92. The van der Waals surface area contributed by atoms with Crippen molar-refractivity contribution in [3.05, 3.63) is 29.8 Å². The summed E-state index contributed by atoms with van der Waals surface area (Å²) < 4.78 is 19.7. The van der Waals surface area contributed by atoms with Crippen molar-refractivity contribution in [3.8, 4) is 5.75 Å². The summed E-state index contributed by atoms with van der Waals surface area (Å²) in [5.41, 5.74) is 0.280. The van der Waals surface area contributed by atoms with E-state index in [0.29, 0.717) is 6.61 Å². The van der Waals surface area contributed by atoms with Crippen LogP contribution in [0.15, 0.2) is 24.3 Å². The van der Waals surface area contributed by atoms with Crippen LogP contribution in [0, 0.1) is 0 Å². The zero-order chi connectivity index (χ0) is 15.7. The van der Waals surface area contributed by atoms with Gasteiger partial charge in [0.05, 0.1) is 12.2 Å². The number of phosphoric acid groups is 1. The Labute approximate surface area is 124 Å². The van der Waals surface area contributed by atoms with E-state index in [2.05, 4.69) is 11.4 Å². The highest BCUT2D eigenvalue weighted by Gasteiger charge is 2.07. The summed E-state index contributed by atoms with van der Waals surface area (Å²) in [5, 5.41) is 0. The first-order valence-corrected chi connectivity index (χ1v) is 8.37. The van der Waals surface area contributed by atoms with Crippen molar-refractivity contribution >= 4 is 13.8 Å². The van der Waals surface area contributed by atoms with Gasteiger partial charge in [0.1, 0.15) is 13.6 Å². The standard InChI is InChI=1S/C14H21O6P/c1-2-3-4-5-6-11-19-14(15)12-7-9-13(10-8-12)20-21(16,17)18/h7-10H,2-6,11H2,1H3,(H2,16,17,18)/p-2. The molecule has 0 fully saturated rings. The van der Waals surface area contributed by atoms with Gasteiger partial charge >= 0.3 is 5.97 Å². The Morgan fingerprint density at radius 1 is 1.10 bits per heavy atom. The van der Waals surface area contributed by atoms with Gasteiger partial charge in [0.25, 0.3) is 0 Å². The summed E-state index contributed by atoms with van der Waals surface area (Å²) in [6.45, 7) is 2.49. The molecule has 0 bridgehead atoms. The second-order valence-electron chi connectivity index (χ2n) is 4.61. The van der Waals surface area contributed by atoms with Gasteiger partial charge in [-0.15, -0.1) is 0 Å². The van der Waals surface area contributed by atoms with Crippen molar-refractivity contribution in [1.82, 2.24) is 0 Å². The van der Waals surface area contributed by atoms with Crippen molar-refractivity contribution in [1.29, 1.82) is 0 Å². The SMILES string of the molecule is CCCCCCCOC(=O)c1ccc(OP(=O)([O-])[O-])cc1. The molecule has 0 atom stereocenters. The van der Waals surface area contributed by atoms with E-state index < -0.39 is 13.8 Å². The molecule has 0 amide bonds. The Hall–Kier alpha value is -1.36. The van der Waals surface area contributed by atoms with E-state index in [9.17, 15) is 19.1 Å². The van der Waals surface area contributed by atoms with Crippen molar-refractivity contribution in [2.24, 2.45) is 0 Å². The van der Waals surface area contributed by atoms with Gasteiger partial charge in [0, 0.05) is 0 Å². The number of carbonyl (C=O) groups excluding carboxylic acids is 1. The molecular formula is C14H19O6P-2. The number of benzene rings is 1. The van der Waals surface area contributed by atoms with Gasteiger partial charge in [-0.05, 0) is 30.7 Å². The summed E-state index contributed by atoms with van der Waals surface area (Å²) in [5.74, 6) is -0.607. The van der Waals surface area contributed by atoms with Crippen LogP contribution in [0.1, 0.15) is 49.4 Å². The van der Waals surface area contributed by atoms with E-state index >= 15 is 0 Å². The van der Waals surface area contributed by atoms with Gasteiger partial charge in [-0.2, -0.15) is 0 Å². The number of unbranched alkanes of at least 4 members (excludes halogenated alkanes) is 4. The number of esters is 1. The van der Waals surface area contributed by atoms with Crippen molar-refractivity contribution in [2.75, 3.05) is 6.61 Å². The maximum absolute atomic E-state index is 11.7. The number of hydrogen-bond acceptors (Lipinski definition) is 6. The van der Waals surface area contributed by atoms with Crippen LogP contribution in [0.3, 0.4) is 0 Å². The average Bonchev–Trinajstić information content (AvgIpc) is 2.41. The quantitative estimate of drug-likeness (QED) is 0.393. The van der Waals surface area contributed by atoms with Crippen LogP contribution in [0.2, 0.25) is 0 Å². The van der Waals surface area contributed by atoms with E-state index in [1.165, 1.54) is 30.7 Å². The predicted octanol–water partition coefficient (Wildman–Crippen LogP) is 2.02. The maximum atomic E-state index is 11.7. The lowest BCUT2D eigenvalue weighted by atomic mass is 10.2. The number of hydrogen-bond donors (Lipinski definition) is 0. The third-order valence-electron chi connectivity index (χ3n) is 2.79. The molecule has 7 heteroatoms. The lowest BCUT2D eigenvalue weighted by molar-refractivity contribution is -0.333. The van der Waals surface area contributed by atoms with Crippen LogP contribution in [-0.4, -0.2) is 12.6 Å². The molecule has 0 heterocycles. The highest BCUT2D eigenvalue weighted by atomic mass is 31.2. The van der Waals surface area contributed by atoms with Crippen LogP contribution < -0.4 is 14.3 Å². The molecule has 0 saturated carbocycles. The molecule has 0 aliphatic heterocycles. The zero-order valence-corrected chi connectivity index (χ0v) is 12.8. The van der Waals surface area contributed by atoms with Gasteiger partial charge < -0.3 is 23.6 Å². The topological polar surface area (TPSA) is 98.7 Å². The minimum Gasteiger partial charge on any atom is -0.780 e. The van der Waals surface area contributed by atoms with Crippen molar-refractivity contribution in [2.45, 2.75) is 39.0 Å². The highest BCUT2D eigenvalue weighted by molar-refractivity contribution is 7.43. The molecule has 0 aromatic heterocycles. The molecule has 21 heavy (non-hydrogen) atoms. The fourth-order valence-corrected chi connectivity index (χ4v) is 2.11. The molecule has 0 spiro atoms. The molecule has 0 aliphatic carbocycles. The largest absolute Gasteiger partial charge is 0.780 e. The van der Waals surface area contributed by atoms with E-state index in [-0.39, 0.29) is 11.3 Å². The Morgan fingerprint density at radius 3 is 2.29 bits per heavy atom. The first kappa shape index (κ1) is 17.7. The minimum atomic E-state index is -5.07. The first-order valence-electron chi connectivity index (χ1n) is 6.91. The third kappa shape index (κ3) is 7.85. The monoisotopic (exact) mass is 314 g/mol. The van der Waals surface area contributed by atoms with E-state index in [1.807, 2.05) is 0 Å². The molecule has 6 nitrogen and oxygen atoms in total. The summed E-state index contributed by atoms with van der Waals surface area (Å²) in [4.78, 5) is 32.5.